The first-order chi connectivity index (χ1) is 17.8. The molecule has 0 amide bonds. The van der Waals surface area contributed by atoms with Gasteiger partial charge in [0.15, 0.2) is 0 Å². The number of benzene rings is 2. The third-order valence-corrected chi connectivity index (χ3v) is 7.47. The van der Waals surface area contributed by atoms with Crippen molar-refractivity contribution in [3.05, 3.63) is 64.9 Å². The first kappa shape index (κ1) is 26.0. The Hall–Kier alpha value is -2.62. The second kappa shape index (κ2) is 10.6. The number of hydrogen-bond acceptors (Lipinski definition) is 4. The van der Waals surface area contributed by atoms with Crippen molar-refractivity contribution in [1.29, 1.82) is 0 Å². The summed E-state index contributed by atoms with van der Waals surface area (Å²) in [6.45, 7) is 2.58. The summed E-state index contributed by atoms with van der Waals surface area (Å²) in [4.78, 5) is 7.09. The number of aromatic amines is 1. The van der Waals surface area contributed by atoms with Crippen LogP contribution in [0.15, 0.2) is 36.4 Å². The van der Waals surface area contributed by atoms with Crippen LogP contribution in [0.2, 0.25) is 0 Å². The molecule has 0 spiro atoms. The van der Waals surface area contributed by atoms with Gasteiger partial charge in [0.05, 0.1) is 19.3 Å². The zero-order chi connectivity index (χ0) is 26.2. The summed E-state index contributed by atoms with van der Waals surface area (Å²) in [7, 11) is 0. The number of H-pyrrole nitrogens is 1. The third-order valence-electron chi connectivity index (χ3n) is 7.47. The first-order valence-electron chi connectivity index (χ1n) is 12.8. The molecule has 2 N–H and O–H groups in total. The number of nitrogens with one attached hydrogen (secondary N) is 1. The van der Waals surface area contributed by atoms with Crippen molar-refractivity contribution >= 4 is 10.9 Å². The molecular formula is C28H33F4N3O2. The van der Waals surface area contributed by atoms with Crippen LogP contribution in [0, 0.1) is 17.6 Å². The molecule has 5 nitrogen and oxygen atoms in total. The lowest BCUT2D eigenvalue weighted by atomic mass is 9.96. The maximum Gasteiger partial charge on any atom is 0.143 e. The van der Waals surface area contributed by atoms with E-state index in [1.807, 2.05) is 29.2 Å². The standard InChI is InChI=1S/C28H33F4N3O2/c1-28(32,17-36)16-35-8-4-6-21-20-5-2-3-7-24(20)33-26(21)27(35)25-22(30)11-19(12-23(25)31)37-10-9-34-14-18(13-29)15-34/h2-3,5,7,11-12,18,27,33,36H,4,6,8-10,13-17H2,1H3/t27-,28-/m1/s1. The normalized spacial score (nSPS) is 20.9. The van der Waals surface area contributed by atoms with Crippen LogP contribution in [0.3, 0.4) is 0 Å². The number of ether oxygens (including phenoxy) is 1. The Morgan fingerprint density at radius 1 is 1.16 bits per heavy atom. The molecule has 37 heavy (non-hydrogen) atoms. The van der Waals surface area contributed by atoms with Crippen molar-refractivity contribution < 1.29 is 27.4 Å². The Morgan fingerprint density at radius 3 is 2.59 bits per heavy atom. The number of alkyl halides is 2. The van der Waals surface area contributed by atoms with Gasteiger partial charge in [0, 0.05) is 66.4 Å². The number of hydrogen-bond donors (Lipinski definition) is 2. The highest BCUT2D eigenvalue weighted by Crippen LogP contribution is 2.41. The van der Waals surface area contributed by atoms with Gasteiger partial charge in [-0.15, -0.1) is 0 Å². The zero-order valence-electron chi connectivity index (χ0n) is 21.0. The average Bonchev–Trinajstić information content (AvgIpc) is 3.11. The lowest BCUT2D eigenvalue weighted by molar-refractivity contribution is 0.0366. The van der Waals surface area contributed by atoms with Crippen molar-refractivity contribution in [3.8, 4) is 5.75 Å². The van der Waals surface area contributed by atoms with Gasteiger partial charge in [0.1, 0.15) is 29.7 Å². The summed E-state index contributed by atoms with van der Waals surface area (Å²) in [6.07, 6.45) is 1.36. The monoisotopic (exact) mass is 519 g/mol. The molecule has 1 fully saturated rings. The Labute approximate surface area is 214 Å². The Bertz CT molecular complexity index is 1220. The number of fused-ring (bicyclic) bond motifs is 3. The van der Waals surface area contributed by atoms with Crippen LogP contribution in [-0.2, 0) is 6.42 Å². The van der Waals surface area contributed by atoms with E-state index in [0.717, 1.165) is 16.5 Å². The number of nitrogens with zero attached hydrogens (tertiary/aromatic N) is 2. The fourth-order valence-corrected chi connectivity index (χ4v) is 5.62. The van der Waals surface area contributed by atoms with Crippen LogP contribution in [-0.4, -0.2) is 78.2 Å². The van der Waals surface area contributed by atoms with E-state index >= 15 is 13.2 Å². The van der Waals surface area contributed by atoms with Crippen LogP contribution in [0.4, 0.5) is 17.6 Å². The highest BCUT2D eigenvalue weighted by molar-refractivity contribution is 5.85. The minimum absolute atomic E-state index is 0.0586. The Balaban J connectivity index is 1.47. The Morgan fingerprint density at radius 2 is 1.89 bits per heavy atom. The second-order valence-electron chi connectivity index (χ2n) is 10.5. The Kier molecular flexibility index (Phi) is 7.47. The van der Waals surface area contributed by atoms with Crippen molar-refractivity contribution in [2.75, 3.05) is 52.6 Å². The number of para-hydroxylation sites is 1. The van der Waals surface area contributed by atoms with Crippen LogP contribution in [0.5, 0.6) is 5.75 Å². The molecule has 2 aliphatic heterocycles. The fraction of sp³-hybridized carbons (Fsp3) is 0.500. The van der Waals surface area contributed by atoms with E-state index in [9.17, 15) is 9.50 Å². The van der Waals surface area contributed by atoms with Crippen molar-refractivity contribution in [1.82, 2.24) is 14.8 Å². The fourth-order valence-electron chi connectivity index (χ4n) is 5.62. The quantitative estimate of drug-likeness (QED) is 0.400. The molecule has 5 rings (SSSR count). The number of likely N-dealkylation sites (tertiary alicyclic amines) is 1. The molecule has 3 aromatic rings. The smallest absolute Gasteiger partial charge is 0.143 e. The first-order valence-corrected chi connectivity index (χ1v) is 12.8. The van der Waals surface area contributed by atoms with Gasteiger partial charge in [0.2, 0.25) is 0 Å². The van der Waals surface area contributed by atoms with E-state index in [-0.39, 0.29) is 37.1 Å². The number of aromatic nitrogens is 1. The van der Waals surface area contributed by atoms with Gasteiger partial charge < -0.3 is 14.8 Å². The van der Waals surface area contributed by atoms with Gasteiger partial charge in [0.25, 0.3) is 0 Å². The molecule has 0 bridgehead atoms. The predicted octanol–water partition coefficient (Wildman–Crippen LogP) is 4.78. The van der Waals surface area contributed by atoms with Crippen LogP contribution < -0.4 is 4.74 Å². The molecule has 0 aliphatic carbocycles. The number of aryl methyl sites for hydroxylation is 1. The van der Waals surface area contributed by atoms with E-state index in [2.05, 4.69) is 4.98 Å². The molecular weight excluding hydrogens is 486 g/mol. The SMILES string of the molecule is C[C@](F)(CO)CN1CCCc2c([nH]c3ccccc23)[C@H]1c1c(F)cc(OCCN2CC(CF)C2)cc1F. The number of aliphatic hydroxyl groups is 1. The summed E-state index contributed by atoms with van der Waals surface area (Å²) < 4.78 is 64.6. The molecule has 2 aliphatic rings. The van der Waals surface area contributed by atoms with Gasteiger partial charge in [-0.05, 0) is 37.9 Å². The van der Waals surface area contributed by atoms with E-state index in [4.69, 9.17) is 4.74 Å². The van der Waals surface area contributed by atoms with Crippen LogP contribution >= 0.6 is 0 Å². The zero-order valence-corrected chi connectivity index (χ0v) is 21.0. The minimum atomic E-state index is -1.94. The van der Waals surface area contributed by atoms with Crippen LogP contribution in [0.1, 0.15) is 36.2 Å². The third kappa shape index (κ3) is 5.35. The van der Waals surface area contributed by atoms with E-state index in [1.54, 1.807) is 4.90 Å². The molecule has 0 unspecified atom stereocenters. The van der Waals surface area contributed by atoms with Crippen molar-refractivity contribution in [2.24, 2.45) is 5.92 Å². The van der Waals surface area contributed by atoms with E-state index < -0.39 is 30.0 Å². The molecule has 200 valence electrons. The van der Waals surface area contributed by atoms with Crippen LogP contribution in [0.25, 0.3) is 10.9 Å². The molecule has 3 heterocycles. The highest BCUT2D eigenvalue weighted by Gasteiger charge is 2.38. The van der Waals surface area contributed by atoms with Gasteiger partial charge in [-0.2, -0.15) is 0 Å². The van der Waals surface area contributed by atoms with Gasteiger partial charge in [-0.3, -0.25) is 14.2 Å². The lowest BCUT2D eigenvalue weighted by Gasteiger charge is -2.37. The summed E-state index contributed by atoms with van der Waals surface area (Å²) in [5, 5.41) is 10.6. The largest absolute Gasteiger partial charge is 0.492 e. The predicted molar refractivity (Wildman–Crippen MR) is 134 cm³/mol. The summed E-state index contributed by atoms with van der Waals surface area (Å²) in [5.74, 6) is -1.42. The molecule has 2 atom stereocenters. The molecule has 0 saturated carbocycles. The maximum absolute atomic E-state index is 15.7. The lowest BCUT2D eigenvalue weighted by Crippen LogP contribution is -2.49. The number of rotatable bonds is 9. The van der Waals surface area contributed by atoms with Gasteiger partial charge in [-0.25, -0.2) is 13.2 Å². The number of halogens is 4. The molecule has 2 aromatic carbocycles. The second-order valence-corrected chi connectivity index (χ2v) is 10.5. The minimum Gasteiger partial charge on any atom is -0.492 e. The van der Waals surface area contributed by atoms with E-state index in [1.165, 1.54) is 19.1 Å². The summed E-state index contributed by atoms with van der Waals surface area (Å²) >= 11 is 0. The van der Waals surface area contributed by atoms with E-state index in [0.29, 0.717) is 44.7 Å². The van der Waals surface area contributed by atoms with Gasteiger partial charge >= 0.3 is 0 Å². The molecule has 9 heteroatoms. The van der Waals surface area contributed by atoms with Gasteiger partial charge in [-0.1, -0.05) is 18.2 Å². The molecule has 1 aromatic heterocycles. The molecule has 0 radical (unpaired) electrons. The molecule has 1 saturated heterocycles. The number of aliphatic hydroxyl groups excluding tert-OH is 1. The van der Waals surface area contributed by atoms with Crippen molar-refractivity contribution in [2.45, 2.75) is 31.5 Å². The summed E-state index contributed by atoms with van der Waals surface area (Å²) in [5.41, 5.74) is 0.339. The summed E-state index contributed by atoms with van der Waals surface area (Å²) in [6, 6.07) is 9.14. The topological polar surface area (TPSA) is 51.7 Å². The van der Waals surface area contributed by atoms with Crippen molar-refractivity contribution in [3.63, 3.8) is 0 Å². The maximum atomic E-state index is 15.7. The average molecular weight is 520 g/mol. The highest BCUT2D eigenvalue weighted by atomic mass is 19.1.